The summed E-state index contributed by atoms with van der Waals surface area (Å²) in [5.41, 5.74) is 0.810. The maximum Gasteiger partial charge on any atom is 0.243 e. The zero-order valence-corrected chi connectivity index (χ0v) is 13.0. The summed E-state index contributed by atoms with van der Waals surface area (Å²) >= 11 is 1.63. The summed E-state index contributed by atoms with van der Waals surface area (Å²) in [6, 6.07) is 11.2. The Labute approximate surface area is 123 Å². The van der Waals surface area contributed by atoms with Crippen molar-refractivity contribution >= 4 is 21.4 Å². The molecule has 1 unspecified atom stereocenters. The van der Waals surface area contributed by atoms with Gasteiger partial charge in [0.2, 0.25) is 10.0 Å². The molecule has 5 heteroatoms. The summed E-state index contributed by atoms with van der Waals surface area (Å²) < 4.78 is 27.5. The number of benzene rings is 1. The smallest absolute Gasteiger partial charge is 0.207 e. The van der Waals surface area contributed by atoms with E-state index in [1.54, 1.807) is 27.8 Å². The number of hydrogen-bond donors (Lipinski definition) is 0. The lowest BCUT2D eigenvalue weighted by atomic mass is 10.2. The molecule has 1 aromatic carbocycles. The second-order valence-electron chi connectivity index (χ2n) is 5.05. The number of thiophene rings is 1. The van der Waals surface area contributed by atoms with Gasteiger partial charge in [-0.25, -0.2) is 8.42 Å². The van der Waals surface area contributed by atoms with E-state index in [1.165, 1.54) is 0 Å². The lowest BCUT2D eigenvalue weighted by Gasteiger charge is -2.24. The average molecular weight is 307 g/mol. The quantitative estimate of drug-likeness (QED) is 0.869. The van der Waals surface area contributed by atoms with Crippen molar-refractivity contribution in [3.63, 3.8) is 0 Å². The molecule has 2 aromatic rings. The third-order valence-corrected chi connectivity index (χ3v) is 6.80. The monoisotopic (exact) mass is 307 g/mol. The van der Waals surface area contributed by atoms with Gasteiger partial charge in [0.25, 0.3) is 0 Å². The van der Waals surface area contributed by atoms with Gasteiger partial charge in [-0.05, 0) is 42.8 Å². The second kappa shape index (κ2) is 5.31. The maximum absolute atomic E-state index is 12.9. The van der Waals surface area contributed by atoms with Gasteiger partial charge in [0, 0.05) is 11.4 Å². The number of hydrogen-bond acceptors (Lipinski definition) is 3. The molecule has 1 aliphatic rings. The molecule has 0 saturated carbocycles. The van der Waals surface area contributed by atoms with E-state index in [0.717, 1.165) is 23.3 Å². The summed E-state index contributed by atoms with van der Waals surface area (Å²) in [6.07, 6.45) is 1.83. The van der Waals surface area contributed by atoms with Crippen LogP contribution in [0.15, 0.2) is 46.7 Å². The van der Waals surface area contributed by atoms with Gasteiger partial charge in [0.15, 0.2) is 0 Å². The molecule has 2 heterocycles. The lowest BCUT2D eigenvalue weighted by Crippen LogP contribution is -2.30. The van der Waals surface area contributed by atoms with Crippen LogP contribution in [0.2, 0.25) is 0 Å². The standard InChI is InChI=1S/C15H17NO2S2/c1-12-6-2-3-9-15(12)20(17,18)16-10-4-7-13(16)14-8-5-11-19-14/h2-3,5-6,8-9,11,13H,4,7,10H2,1H3. The van der Waals surface area contributed by atoms with Gasteiger partial charge in [0.1, 0.15) is 0 Å². The molecule has 1 atom stereocenters. The zero-order chi connectivity index (χ0) is 14.2. The van der Waals surface area contributed by atoms with Crippen molar-refractivity contribution in [3.8, 4) is 0 Å². The van der Waals surface area contributed by atoms with E-state index < -0.39 is 10.0 Å². The predicted octanol–water partition coefficient (Wildman–Crippen LogP) is 3.58. The molecule has 1 aromatic heterocycles. The number of rotatable bonds is 3. The third kappa shape index (κ3) is 2.30. The van der Waals surface area contributed by atoms with E-state index in [-0.39, 0.29) is 6.04 Å². The fourth-order valence-electron chi connectivity index (χ4n) is 2.77. The van der Waals surface area contributed by atoms with Gasteiger partial charge in [-0.15, -0.1) is 11.3 Å². The zero-order valence-electron chi connectivity index (χ0n) is 11.3. The van der Waals surface area contributed by atoms with Crippen molar-refractivity contribution in [1.29, 1.82) is 0 Å². The predicted molar refractivity (Wildman–Crippen MR) is 81.4 cm³/mol. The van der Waals surface area contributed by atoms with E-state index in [2.05, 4.69) is 0 Å². The average Bonchev–Trinajstić information content (AvgIpc) is 3.10. The SMILES string of the molecule is Cc1ccccc1S(=O)(=O)N1CCCC1c1cccs1. The van der Waals surface area contributed by atoms with E-state index in [0.29, 0.717) is 11.4 Å². The topological polar surface area (TPSA) is 37.4 Å². The summed E-state index contributed by atoms with van der Waals surface area (Å²) in [5.74, 6) is 0. The number of nitrogens with zero attached hydrogens (tertiary/aromatic N) is 1. The Morgan fingerprint density at radius 1 is 1.20 bits per heavy atom. The number of sulfonamides is 1. The lowest BCUT2D eigenvalue weighted by molar-refractivity contribution is 0.400. The summed E-state index contributed by atoms with van der Waals surface area (Å²) in [5, 5.41) is 2.01. The van der Waals surface area contributed by atoms with Crippen molar-refractivity contribution < 1.29 is 8.42 Å². The van der Waals surface area contributed by atoms with Crippen LogP contribution >= 0.6 is 11.3 Å². The number of aryl methyl sites for hydroxylation is 1. The van der Waals surface area contributed by atoms with Crippen LogP contribution in [-0.2, 0) is 10.0 Å². The fraction of sp³-hybridized carbons (Fsp3) is 0.333. The van der Waals surface area contributed by atoms with Gasteiger partial charge >= 0.3 is 0 Å². The van der Waals surface area contributed by atoms with Crippen LogP contribution in [0.1, 0.15) is 29.3 Å². The fourth-order valence-corrected chi connectivity index (χ4v) is 5.61. The normalized spacial score (nSPS) is 20.4. The largest absolute Gasteiger partial charge is 0.243 e. The molecule has 3 rings (SSSR count). The highest BCUT2D eigenvalue weighted by molar-refractivity contribution is 7.89. The second-order valence-corrected chi connectivity index (χ2v) is 7.89. The van der Waals surface area contributed by atoms with Gasteiger partial charge in [0.05, 0.1) is 10.9 Å². The Morgan fingerprint density at radius 3 is 2.70 bits per heavy atom. The molecule has 1 aliphatic heterocycles. The molecule has 0 aliphatic carbocycles. The van der Waals surface area contributed by atoms with Crippen molar-refractivity contribution in [1.82, 2.24) is 4.31 Å². The van der Waals surface area contributed by atoms with Crippen LogP contribution in [-0.4, -0.2) is 19.3 Å². The first-order chi connectivity index (χ1) is 9.60. The van der Waals surface area contributed by atoms with Gasteiger partial charge in [-0.1, -0.05) is 24.3 Å². The molecular weight excluding hydrogens is 290 g/mol. The summed E-state index contributed by atoms with van der Waals surface area (Å²) in [7, 11) is -3.40. The minimum atomic E-state index is -3.40. The van der Waals surface area contributed by atoms with Crippen molar-refractivity contribution in [2.75, 3.05) is 6.54 Å². The molecule has 106 valence electrons. The Hall–Kier alpha value is -1.17. The highest BCUT2D eigenvalue weighted by Gasteiger charge is 2.37. The first-order valence-corrected chi connectivity index (χ1v) is 9.03. The van der Waals surface area contributed by atoms with Crippen LogP contribution in [0.5, 0.6) is 0 Å². The van der Waals surface area contributed by atoms with Gasteiger partial charge in [-0.3, -0.25) is 0 Å². The first-order valence-electron chi connectivity index (χ1n) is 6.71. The molecule has 3 nitrogen and oxygen atoms in total. The maximum atomic E-state index is 12.9. The van der Waals surface area contributed by atoms with E-state index in [1.807, 2.05) is 36.6 Å². The Morgan fingerprint density at radius 2 is 2.00 bits per heavy atom. The summed E-state index contributed by atoms with van der Waals surface area (Å²) in [4.78, 5) is 1.57. The molecule has 0 spiro atoms. The first kappa shape index (κ1) is 13.8. The molecular formula is C15H17NO2S2. The molecule has 1 saturated heterocycles. The molecule has 20 heavy (non-hydrogen) atoms. The van der Waals surface area contributed by atoms with Gasteiger partial charge < -0.3 is 0 Å². The van der Waals surface area contributed by atoms with Gasteiger partial charge in [-0.2, -0.15) is 4.31 Å². The van der Waals surface area contributed by atoms with Crippen LogP contribution in [0.4, 0.5) is 0 Å². The van der Waals surface area contributed by atoms with Crippen LogP contribution in [0, 0.1) is 6.92 Å². The molecule has 0 N–H and O–H groups in total. The third-order valence-electron chi connectivity index (χ3n) is 3.76. The van der Waals surface area contributed by atoms with Crippen molar-refractivity contribution in [3.05, 3.63) is 52.2 Å². The Balaban J connectivity index is 2.01. The van der Waals surface area contributed by atoms with Crippen LogP contribution < -0.4 is 0 Å². The highest BCUT2D eigenvalue weighted by Crippen LogP contribution is 2.38. The minimum Gasteiger partial charge on any atom is -0.207 e. The minimum absolute atomic E-state index is 0.000365. The highest BCUT2D eigenvalue weighted by atomic mass is 32.2. The van der Waals surface area contributed by atoms with E-state index in [9.17, 15) is 8.42 Å². The van der Waals surface area contributed by atoms with E-state index in [4.69, 9.17) is 0 Å². The molecule has 0 bridgehead atoms. The van der Waals surface area contributed by atoms with Crippen molar-refractivity contribution in [2.24, 2.45) is 0 Å². The summed E-state index contributed by atoms with van der Waals surface area (Å²) in [6.45, 7) is 2.46. The molecule has 0 radical (unpaired) electrons. The van der Waals surface area contributed by atoms with Crippen LogP contribution in [0.25, 0.3) is 0 Å². The Kier molecular flexibility index (Phi) is 3.67. The van der Waals surface area contributed by atoms with E-state index >= 15 is 0 Å². The van der Waals surface area contributed by atoms with Crippen molar-refractivity contribution in [2.45, 2.75) is 30.7 Å². The Bertz CT molecular complexity index is 692. The molecule has 0 amide bonds. The molecule has 1 fully saturated rings. The van der Waals surface area contributed by atoms with Crippen LogP contribution in [0.3, 0.4) is 0 Å².